The number of nitrogens with zero attached hydrogens (tertiary/aromatic N) is 1. The maximum absolute atomic E-state index is 3.58. The lowest BCUT2D eigenvalue weighted by atomic mass is 10.2. The third-order valence-corrected chi connectivity index (χ3v) is 4.42. The summed E-state index contributed by atoms with van der Waals surface area (Å²) < 4.78 is 0. The average molecular weight is 258 g/mol. The zero-order chi connectivity index (χ0) is 12.5. The molecule has 0 bridgehead atoms. The highest BCUT2D eigenvalue weighted by atomic mass is 32.2. The Labute approximate surface area is 112 Å². The predicted octanol–water partition coefficient (Wildman–Crippen LogP) is 2.98. The van der Waals surface area contributed by atoms with E-state index >= 15 is 0 Å². The van der Waals surface area contributed by atoms with Crippen LogP contribution in [-0.4, -0.2) is 49.1 Å². The maximum atomic E-state index is 3.58. The van der Waals surface area contributed by atoms with Gasteiger partial charge in [-0.2, -0.15) is 11.8 Å². The van der Waals surface area contributed by atoms with Crippen molar-refractivity contribution in [2.45, 2.75) is 57.5 Å². The Morgan fingerprint density at radius 1 is 1.24 bits per heavy atom. The third-order valence-electron chi connectivity index (χ3n) is 3.61. The summed E-state index contributed by atoms with van der Waals surface area (Å²) in [4.78, 5) is 2.50. The molecule has 0 aliphatic heterocycles. The molecule has 0 aromatic heterocycles. The van der Waals surface area contributed by atoms with Crippen molar-refractivity contribution < 1.29 is 0 Å². The summed E-state index contributed by atoms with van der Waals surface area (Å²) in [5, 5.41) is 3.58. The van der Waals surface area contributed by atoms with Crippen LogP contribution < -0.4 is 5.32 Å². The normalized spacial score (nSPS) is 17.6. The zero-order valence-corrected chi connectivity index (χ0v) is 12.7. The van der Waals surface area contributed by atoms with E-state index in [4.69, 9.17) is 0 Å². The van der Waals surface area contributed by atoms with Gasteiger partial charge in [-0.3, -0.25) is 0 Å². The van der Waals surface area contributed by atoms with Gasteiger partial charge >= 0.3 is 0 Å². The van der Waals surface area contributed by atoms with E-state index in [2.05, 4.69) is 30.4 Å². The van der Waals surface area contributed by atoms with Crippen LogP contribution in [0.15, 0.2) is 0 Å². The summed E-state index contributed by atoms with van der Waals surface area (Å²) in [5.74, 6) is 1.25. The number of rotatable bonds is 11. The first-order valence-electron chi connectivity index (χ1n) is 7.16. The quantitative estimate of drug-likeness (QED) is 0.574. The molecule has 1 N–H and O–H groups in total. The van der Waals surface area contributed by atoms with Gasteiger partial charge < -0.3 is 10.2 Å². The van der Waals surface area contributed by atoms with Crippen LogP contribution in [0.5, 0.6) is 0 Å². The lowest BCUT2D eigenvalue weighted by Crippen LogP contribution is -2.31. The largest absolute Gasteiger partial charge is 0.314 e. The first-order valence-corrected chi connectivity index (χ1v) is 8.56. The number of nitrogens with one attached hydrogen (secondary N) is 1. The van der Waals surface area contributed by atoms with Gasteiger partial charge in [-0.1, -0.05) is 12.8 Å². The van der Waals surface area contributed by atoms with Crippen molar-refractivity contribution in [2.75, 3.05) is 32.1 Å². The topological polar surface area (TPSA) is 15.3 Å². The van der Waals surface area contributed by atoms with E-state index in [1.807, 2.05) is 11.8 Å². The molecule has 0 spiro atoms. The molecule has 1 atom stereocenters. The fourth-order valence-electron chi connectivity index (χ4n) is 2.02. The summed E-state index contributed by atoms with van der Waals surface area (Å²) in [6.45, 7) is 4.83. The molecule has 0 aromatic carbocycles. The van der Waals surface area contributed by atoms with Crippen LogP contribution in [0.2, 0.25) is 0 Å². The predicted molar refractivity (Wildman–Crippen MR) is 80.0 cm³/mol. The van der Waals surface area contributed by atoms with Crippen LogP contribution in [0.4, 0.5) is 0 Å². The minimum atomic E-state index is 0.724. The molecule has 0 saturated heterocycles. The lowest BCUT2D eigenvalue weighted by molar-refractivity contribution is 0.271. The van der Waals surface area contributed by atoms with E-state index in [1.165, 1.54) is 57.4 Å². The Balaban J connectivity index is 1.81. The Hall–Kier alpha value is 0.270. The summed E-state index contributed by atoms with van der Waals surface area (Å²) in [6.07, 6.45) is 10.5. The van der Waals surface area contributed by atoms with Gasteiger partial charge in [0.2, 0.25) is 0 Å². The van der Waals surface area contributed by atoms with Gasteiger partial charge in [-0.25, -0.2) is 0 Å². The maximum Gasteiger partial charge on any atom is 0.0154 e. The van der Waals surface area contributed by atoms with Crippen LogP contribution in [-0.2, 0) is 0 Å². The number of unbranched alkanes of at least 4 members (excludes halogenated alkanes) is 3. The molecular weight excluding hydrogens is 228 g/mol. The molecule has 0 aromatic rings. The minimum absolute atomic E-state index is 0.724. The van der Waals surface area contributed by atoms with Crippen LogP contribution in [0.1, 0.15) is 45.4 Å². The van der Waals surface area contributed by atoms with E-state index in [1.54, 1.807) is 0 Å². The van der Waals surface area contributed by atoms with Gasteiger partial charge in [0.25, 0.3) is 0 Å². The Kier molecular flexibility index (Phi) is 8.33. The summed E-state index contributed by atoms with van der Waals surface area (Å²) >= 11 is 1.95. The van der Waals surface area contributed by atoms with E-state index < -0.39 is 0 Å². The average Bonchev–Trinajstić information content (AvgIpc) is 3.11. The first kappa shape index (κ1) is 15.3. The molecule has 1 saturated carbocycles. The third kappa shape index (κ3) is 8.06. The second-order valence-electron chi connectivity index (χ2n) is 5.43. The molecule has 102 valence electrons. The Morgan fingerprint density at radius 3 is 2.59 bits per heavy atom. The standard InChI is InChI=1S/C14H30N2S/c1-13(12-17-3)16(2)11-7-5-4-6-10-15-14-8-9-14/h13-15H,4-12H2,1-3H3. The monoisotopic (exact) mass is 258 g/mol. The highest BCUT2D eigenvalue weighted by Gasteiger charge is 2.19. The van der Waals surface area contributed by atoms with Crippen molar-refractivity contribution in [2.24, 2.45) is 0 Å². The van der Waals surface area contributed by atoms with E-state index in [9.17, 15) is 0 Å². The molecule has 3 heteroatoms. The summed E-state index contributed by atoms with van der Waals surface area (Å²) in [6, 6.07) is 1.61. The Bertz CT molecular complexity index is 183. The van der Waals surface area contributed by atoms with Gasteiger partial charge in [0, 0.05) is 17.8 Å². The smallest absolute Gasteiger partial charge is 0.0154 e. The molecular formula is C14H30N2S. The Morgan fingerprint density at radius 2 is 1.94 bits per heavy atom. The summed E-state index contributed by atoms with van der Waals surface area (Å²) in [5.41, 5.74) is 0. The van der Waals surface area contributed by atoms with Crippen molar-refractivity contribution in [3.8, 4) is 0 Å². The second-order valence-corrected chi connectivity index (χ2v) is 6.34. The molecule has 2 nitrogen and oxygen atoms in total. The van der Waals surface area contributed by atoms with E-state index in [0.29, 0.717) is 0 Å². The highest BCUT2D eigenvalue weighted by molar-refractivity contribution is 7.98. The SMILES string of the molecule is CSCC(C)N(C)CCCCCCNC1CC1. The molecule has 0 heterocycles. The molecule has 0 radical (unpaired) electrons. The van der Waals surface area contributed by atoms with Gasteiger partial charge in [0.1, 0.15) is 0 Å². The fourth-order valence-corrected chi connectivity index (χ4v) is 2.76. The van der Waals surface area contributed by atoms with Gasteiger partial charge in [0.05, 0.1) is 0 Å². The second kappa shape index (κ2) is 9.23. The molecule has 17 heavy (non-hydrogen) atoms. The molecule has 1 rings (SSSR count). The zero-order valence-electron chi connectivity index (χ0n) is 11.9. The fraction of sp³-hybridized carbons (Fsp3) is 1.00. The van der Waals surface area contributed by atoms with Crippen LogP contribution in [0.3, 0.4) is 0 Å². The van der Waals surface area contributed by atoms with Gasteiger partial charge in [-0.15, -0.1) is 0 Å². The number of thioether (sulfide) groups is 1. The molecule has 1 unspecified atom stereocenters. The number of hydrogen-bond acceptors (Lipinski definition) is 3. The van der Waals surface area contributed by atoms with Crippen LogP contribution in [0, 0.1) is 0 Å². The molecule has 1 fully saturated rings. The van der Waals surface area contributed by atoms with E-state index in [-0.39, 0.29) is 0 Å². The first-order chi connectivity index (χ1) is 8.24. The van der Waals surface area contributed by atoms with Crippen molar-refractivity contribution in [1.29, 1.82) is 0 Å². The molecule has 0 amide bonds. The highest BCUT2D eigenvalue weighted by Crippen LogP contribution is 2.18. The number of hydrogen-bond donors (Lipinski definition) is 1. The van der Waals surface area contributed by atoms with Crippen molar-refractivity contribution in [3.05, 3.63) is 0 Å². The van der Waals surface area contributed by atoms with Gasteiger partial charge in [0.15, 0.2) is 0 Å². The van der Waals surface area contributed by atoms with Crippen molar-refractivity contribution in [3.63, 3.8) is 0 Å². The minimum Gasteiger partial charge on any atom is -0.314 e. The molecule has 1 aliphatic rings. The molecule has 1 aliphatic carbocycles. The van der Waals surface area contributed by atoms with E-state index in [0.717, 1.165) is 12.1 Å². The van der Waals surface area contributed by atoms with Crippen molar-refractivity contribution in [1.82, 2.24) is 10.2 Å². The lowest BCUT2D eigenvalue weighted by Gasteiger charge is -2.23. The van der Waals surface area contributed by atoms with Gasteiger partial charge in [-0.05, 0) is 59.0 Å². The van der Waals surface area contributed by atoms with Crippen LogP contribution >= 0.6 is 11.8 Å². The van der Waals surface area contributed by atoms with Crippen LogP contribution in [0.25, 0.3) is 0 Å². The van der Waals surface area contributed by atoms with Crippen molar-refractivity contribution >= 4 is 11.8 Å². The summed E-state index contributed by atoms with van der Waals surface area (Å²) in [7, 11) is 2.26.